The molecule has 1 rings (SSSR count). The first-order chi connectivity index (χ1) is 5.25. The third kappa shape index (κ3) is 1.93. The second-order valence-corrected chi connectivity index (χ2v) is 2.86. The van der Waals surface area contributed by atoms with Gasteiger partial charge in [-0.15, -0.1) is 0 Å². The summed E-state index contributed by atoms with van der Waals surface area (Å²) in [6.07, 6.45) is 1.99. The number of aliphatic hydroxyl groups excluding tert-OH is 1. The summed E-state index contributed by atoms with van der Waals surface area (Å²) >= 11 is 0. The molecule has 0 spiro atoms. The highest BCUT2D eigenvalue weighted by atomic mass is 16.5. The minimum atomic E-state index is -0.464. The van der Waals surface area contributed by atoms with Crippen molar-refractivity contribution in [2.45, 2.75) is 32.3 Å². The van der Waals surface area contributed by atoms with E-state index >= 15 is 0 Å². The second-order valence-electron chi connectivity index (χ2n) is 2.86. The molecule has 11 heavy (non-hydrogen) atoms. The Kier molecular flexibility index (Phi) is 2.88. The van der Waals surface area contributed by atoms with Gasteiger partial charge in [-0.3, -0.25) is 4.79 Å². The van der Waals surface area contributed by atoms with Crippen LogP contribution >= 0.6 is 0 Å². The molecule has 1 fully saturated rings. The fourth-order valence-electron chi connectivity index (χ4n) is 1.46. The van der Waals surface area contributed by atoms with Gasteiger partial charge >= 0.3 is 5.97 Å². The fraction of sp³-hybridized carbons (Fsp3) is 0.875. The minimum Gasteiger partial charge on any atom is -0.466 e. The van der Waals surface area contributed by atoms with Crippen molar-refractivity contribution < 1.29 is 14.6 Å². The first-order valence-electron chi connectivity index (χ1n) is 4.10. The van der Waals surface area contributed by atoms with Gasteiger partial charge in [-0.25, -0.2) is 0 Å². The van der Waals surface area contributed by atoms with Gasteiger partial charge in [0.15, 0.2) is 0 Å². The van der Waals surface area contributed by atoms with Crippen molar-refractivity contribution in [3.05, 3.63) is 0 Å². The number of ether oxygens (including phenoxy) is 1. The minimum absolute atomic E-state index is 0.238. The summed E-state index contributed by atoms with van der Waals surface area (Å²) in [5.41, 5.74) is 0. The van der Waals surface area contributed by atoms with Crippen LogP contribution in [-0.4, -0.2) is 23.8 Å². The lowest BCUT2D eigenvalue weighted by molar-refractivity contribution is -0.150. The van der Waals surface area contributed by atoms with E-state index in [0.717, 1.165) is 19.3 Å². The molecule has 0 aromatic carbocycles. The van der Waals surface area contributed by atoms with Crippen LogP contribution in [-0.2, 0) is 9.53 Å². The van der Waals surface area contributed by atoms with E-state index in [2.05, 4.69) is 0 Å². The van der Waals surface area contributed by atoms with E-state index in [9.17, 15) is 9.90 Å². The van der Waals surface area contributed by atoms with Gasteiger partial charge in [0, 0.05) is 0 Å². The van der Waals surface area contributed by atoms with Gasteiger partial charge < -0.3 is 9.84 Å². The van der Waals surface area contributed by atoms with Gasteiger partial charge in [-0.2, -0.15) is 0 Å². The average Bonchev–Trinajstić information content (AvgIpc) is 2.36. The third-order valence-corrected chi connectivity index (χ3v) is 2.07. The van der Waals surface area contributed by atoms with Crippen LogP contribution < -0.4 is 0 Å². The zero-order chi connectivity index (χ0) is 8.27. The van der Waals surface area contributed by atoms with Crippen LogP contribution in [0.15, 0.2) is 0 Å². The van der Waals surface area contributed by atoms with Gasteiger partial charge in [0.25, 0.3) is 0 Å². The summed E-state index contributed by atoms with van der Waals surface area (Å²) in [4.78, 5) is 11.1. The second kappa shape index (κ2) is 3.72. The number of carbonyl (C=O) groups excluding carboxylic acids is 1. The van der Waals surface area contributed by atoms with Gasteiger partial charge in [-0.05, 0) is 26.2 Å². The Labute approximate surface area is 66.4 Å². The number of hydrogen-bond acceptors (Lipinski definition) is 3. The molecule has 1 aliphatic carbocycles. The van der Waals surface area contributed by atoms with E-state index in [0.29, 0.717) is 6.61 Å². The molecule has 1 aliphatic rings. The van der Waals surface area contributed by atoms with Crippen LogP contribution in [0.5, 0.6) is 0 Å². The maximum Gasteiger partial charge on any atom is 0.311 e. The fourth-order valence-corrected chi connectivity index (χ4v) is 1.46. The first-order valence-corrected chi connectivity index (χ1v) is 4.10. The SMILES string of the molecule is CCOC(=O)C1CCCC1O. The topological polar surface area (TPSA) is 46.5 Å². The van der Waals surface area contributed by atoms with E-state index < -0.39 is 6.10 Å². The molecule has 0 amide bonds. The number of hydrogen-bond donors (Lipinski definition) is 1. The molecule has 64 valence electrons. The first kappa shape index (κ1) is 8.53. The monoisotopic (exact) mass is 158 g/mol. The van der Waals surface area contributed by atoms with Crippen molar-refractivity contribution in [1.82, 2.24) is 0 Å². The molecule has 0 aromatic rings. The lowest BCUT2D eigenvalue weighted by Crippen LogP contribution is -2.24. The summed E-state index contributed by atoms with van der Waals surface area (Å²) in [6, 6.07) is 0. The van der Waals surface area contributed by atoms with Crippen LogP contribution in [0.2, 0.25) is 0 Å². The maximum atomic E-state index is 11.1. The van der Waals surface area contributed by atoms with Crippen molar-refractivity contribution >= 4 is 5.97 Å². The molecule has 0 radical (unpaired) electrons. The molecule has 0 heterocycles. The van der Waals surface area contributed by atoms with Crippen molar-refractivity contribution in [2.24, 2.45) is 5.92 Å². The van der Waals surface area contributed by atoms with Crippen molar-refractivity contribution in [1.29, 1.82) is 0 Å². The van der Waals surface area contributed by atoms with Crippen molar-refractivity contribution in [3.8, 4) is 0 Å². The molecule has 2 atom stereocenters. The molecule has 0 aliphatic heterocycles. The van der Waals surface area contributed by atoms with Crippen LogP contribution in [0.25, 0.3) is 0 Å². The Morgan fingerprint density at radius 1 is 1.64 bits per heavy atom. The Hall–Kier alpha value is -0.570. The lowest BCUT2D eigenvalue weighted by atomic mass is 10.1. The standard InChI is InChI=1S/C8H14O3/c1-2-11-8(10)6-4-3-5-7(6)9/h6-7,9H,2-5H2,1H3. The summed E-state index contributed by atoms with van der Waals surface area (Å²) < 4.78 is 4.80. The summed E-state index contributed by atoms with van der Waals surface area (Å²) in [6.45, 7) is 2.18. The van der Waals surface area contributed by atoms with Gasteiger partial charge in [0.2, 0.25) is 0 Å². The smallest absolute Gasteiger partial charge is 0.311 e. The Morgan fingerprint density at radius 3 is 2.82 bits per heavy atom. The number of carbonyl (C=O) groups is 1. The maximum absolute atomic E-state index is 11.1. The van der Waals surface area contributed by atoms with Crippen LogP contribution in [0.4, 0.5) is 0 Å². The molecule has 0 aromatic heterocycles. The number of aliphatic hydroxyl groups is 1. The van der Waals surface area contributed by atoms with Gasteiger partial charge in [0.05, 0.1) is 18.6 Å². The van der Waals surface area contributed by atoms with Crippen molar-refractivity contribution in [3.63, 3.8) is 0 Å². The average molecular weight is 158 g/mol. The highest BCUT2D eigenvalue weighted by Gasteiger charge is 2.32. The van der Waals surface area contributed by atoms with Gasteiger partial charge in [0.1, 0.15) is 0 Å². The molecule has 0 bridgehead atoms. The summed E-state index contributed by atoms with van der Waals surface area (Å²) in [5, 5.41) is 9.29. The third-order valence-electron chi connectivity index (χ3n) is 2.07. The summed E-state index contributed by atoms with van der Waals surface area (Å²) in [7, 11) is 0. The van der Waals surface area contributed by atoms with Gasteiger partial charge in [-0.1, -0.05) is 0 Å². The van der Waals surface area contributed by atoms with E-state index in [1.54, 1.807) is 6.92 Å². The molecule has 0 saturated heterocycles. The van der Waals surface area contributed by atoms with E-state index in [1.165, 1.54) is 0 Å². The van der Waals surface area contributed by atoms with E-state index in [1.807, 2.05) is 0 Å². The number of rotatable bonds is 2. The number of esters is 1. The van der Waals surface area contributed by atoms with E-state index in [4.69, 9.17) is 4.74 Å². The van der Waals surface area contributed by atoms with Crippen LogP contribution in [0, 0.1) is 5.92 Å². The van der Waals surface area contributed by atoms with Crippen molar-refractivity contribution in [2.75, 3.05) is 6.61 Å². The van der Waals surface area contributed by atoms with Crippen LogP contribution in [0.1, 0.15) is 26.2 Å². The lowest BCUT2D eigenvalue weighted by Gasteiger charge is -2.11. The molecule has 1 saturated carbocycles. The highest BCUT2D eigenvalue weighted by Crippen LogP contribution is 2.26. The highest BCUT2D eigenvalue weighted by molar-refractivity contribution is 5.73. The van der Waals surface area contributed by atoms with E-state index in [-0.39, 0.29) is 11.9 Å². The molecular formula is C8H14O3. The quantitative estimate of drug-likeness (QED) is 0.602. The molecule has 3 nitrogen and oxygen atoms in total. The molecular weight excluding hydrogens is 144 g/mol. The predicted molar refractivity (Wildman–Crippen MR) is 40.0 cm³/mol. The molecule has 3 heteroatoms. The zero-order valence-electron chi connectivity index (χ0n) is 6.75. The van der Waals surface area contributed by atoms with Crippen LogP contribution in [0.3, 0.4) is 0 Å². The normalized spacial score (nSPS) is 30.4. The Balaban J connectivity index is 2.39. The Bertz CT molecular complexity index is 144. The molecule has 2 unspecified atom stereocenters. The predicted octanol–water partition coefficient (Wildman–Crippen LogP) is 0.710. The Morgan fingerprint density at radius 2 is 2.36 bits per heavy atom. The largest absolute Gasteiger partial charge is 0.466 e. The molecule has 1 N–H and O–H groups in total. The zero-order valence-corrected chi connectivity index (χ0v) is 6.75. The summed E-state index contributed by atoms with van der Waals surface area (Å²) in [5.74, 6) is -0.493.